The Morgan fingerprint density at radius 3 is 2.63 bits per heavy atom. The Hall–Kier alpha value is -1.56. The van der Waals surface area contributed by atoms with Crippen LogP contribution in [0.2, 0.25) is 0 Å². The largest absolute Gasteiger partial charge is 0.507 e. The Morgan fingerprint density at radius 1 is 1.42 bits per heavy atom. The van der Waals surface area contributed by atoms with Gasteiger partial charge in [-0.25, -0.2) is 0 Å². The van der Waals surface area contributed by atoms with E-state index in [1.54, 1.807) is 6.07 Å². The van der Waals surface area contributed by atoms with Gasteiger partial charge in [0.15, 0.2) is 0 Å². The Bertz CT molecular complexity index is 476. The van der Waals surface area contributed by atoms with Crippen molar-refractivity contribution >= 4 is 27.8 Å². The highest BCUT2D eigenvalue weighted by atomic mass is 79.9. The number of benzene rings is 1. The van der Waals surface area contributed by atoms with Crippen molar-refractivity contribution in [3.05, 3.63) is 28.2 Å². The quantitative estimate of drug-likeness (QED) is 0.841. The van der Waals surface area contributed by atoms with E-state index >= 15 is 0 Å². The third kappa shape index (κ3) is 4.24. The third-order valence-electron chi connectivity index (χ3n) is 2.52. The van der Waals surface area contributed by atoms with Crippen LogP contribution in [-0.4, -0.2) is 42.1 Å². The van der Waals surface area contributed by atoms with Crippen LogP contribution >= 0.6 is 15.9 Å². The highest BCUT2D eigenvalue weighted by Crippen LogP contribution is 2.23. The summed E-state index contributed by atoms with van der Waals surface area (Å²) in [7, 11) is 1.27. The number of hydrogen-bond donors (Lipinski definition) is 1. The predicted molar refractivity (Wildman–Crippen MR) is 74.0 cm³/mol. The number of esters is 1. The van der Waals surface area contributed by atoms with Gasteiger partial charge in [0.1, 0.15) is 12.3 Å². The molecule has 1 aromatic rings. The van der Waals surface area contributed by atoms with E-state index in [9.17, 15) is 14.7 Å². The molecule has 0 bridgehead atoms. The number of hydrogen-bond acceptors (Lipinski definition) is 4. The van der Waals surface area contributed by atoms with Crippen LogP contribution in [0.1, 0.15) is 23.7 Å². The molecule has 0 aliphatic carbocycles. The van der Waals surface area contributed by atoms with E-state index in [2.05, 4.69) is 20.7 Å². The van der Waals surface area contributed by atoms with Crippen molar-refractivity contribution in [1.29, 1.82) is 0 Å². The van der Waals surface area contributed by atoms with Gasteiger partial charge in [0.2, 0.25) is 0 Å². The van der Waals surface area contributed by atoms with Gasteiger partial charge in [0, 0.05) is 11.0 Å². The number of amides is 1. The maximum atomic E-state index is 12.3. The molecule has 0 fully saturated rings. The van der Waals surface area contributed by atoms with Gasteiger partial charge in [0.05, 0.1) is 12.7 Å². The van der Waals surface area contributed by atoms with Gasteiger partial charge in [-0.1, -0.05) is 22.9 Å². The van der Waals surface area contributed by atoms with Crippen molar-refractivity contribution < 1.29 is 19.4 Å². The van der Waals surface area contributed by atoms with Gasteiger partial charge in [-0.15, -0.1) is 0 Å². The molecule has 6 heteroatoms. The fourth-order valence-electron chi connectivity index (χ4n) is 1.60. The second-order valence-corrected chi connectivity index (χ2v) is 4.88. The molecule has 5 nitrogen and oxygen atoms in total. The molecule has 0 saturated heterocycles. The number of carbonyl (C=O) groups is 2. The summed E-state index contributed by atoms with van der Waals surface area (Å²) >= 11 is 3.21. The summed E-state index contributed by atoms with van der Waals surface area (Å²) in [5.74, 6) is -0.999. The lowest BCUT2D eigenvalue weighted by atomic mass is 10.1. The number of aromatic hydroxyl groups is 1. The van der Waals surface area contributed by atoms with Gasteiger partial charge >= 0.3 is 5.97 Å². The number of nitrogens with zero attached hydrogens (tertiary/aromatic N) is 1. The molecule has 0 radical (unpaired) electrons. The maximum absolute atomic E-state index is 12.3. The number of phenolic OH excluding ortho intramolecular Hbond substituents is 1. The average Bonchev–Trinajstić information content (AvgIpc) is 2.37. The molecular weight excluding hydrogens is 314 g/mol. The zero-order valence-electron chi connectivity index (χ0n) is 10.9. The van der Waals surface area contributed by atoms with Gasteiger partial charge in [0.25, 0.3) is 5.91 Å². The lowest BCUT2D eigenvalue weighted by Gasteiger charge is -2.21. The second kappa shape index (κ2) is 7.13. The average molecular weight is 330 g/mol. The van der Waals surface area contributed by atoms with Crippen LogP contribution in [-0.2, 0) is 9.53 Å². The Kier molecular flexibility index (Phi) is 5.82. The van der Waals surface area contributed by atoms with Gasteiger partial charge in [-0.3, -0.25) is 9.59 Å². The molecule has 0 atom stereocenters. The van der Waals surface area contributed by atoms with Crippen LogP contribution in [0.3, 0.4) is 0 Å². The van der Waals surface area contributed by atoms with Gasteiger partial charge in [-0.2, -0.15) is 0 Å². The number of rotatable bonds is 5. The summed E-state index contributed by atoms with van der Waals surface area (Å²) in [6.45, 7) is 2.20. The summed E-state index contributed by atoms with van der Waals surface area (Å²) in [6.07, 6.45) is 0.708. The summed E-state index contributed by atoms with van der Waals surface area (Å²) < 4.78 is 5.24. The normalized spacial score (nSPS) is 10.1. The molecule has 19 heavy (non-hydrogen) atoms. The first-order valence-corrected chi connectivity index (χ1v) is 6.63. The van der Waals surface area contributed by atoms with E-state index in [1.807, 2.05) is 6.92 Å². The summed E-state index contributed by atoms with van der Waals surface area (Å²) in [6, 6.07) is 4.62. The van der Waals surface area contributed by atoms with Crippen molar-refractivity contribution in [3.8, 4) is 5.75 Å². The van der Waals surface area contributed by atoms with E-state index < -0.39 is 11.9 Å². The zero-order chi connectivity index (χ0) is 14.4. The van der Waals surface area contributed by atoms with E-state index in [0.29, 0.717) is 17.4 Å². The number of carbonyl (C=O) groups excluding carboxylic acids is 2. The fraction of sp³-hybridized carbons (Fsp3) is 0.385. The lowest BCUT2D eigenvalue weighted by Crippen LogP contribution is -2.36. The molecule has 1 rings (SSSR count). The van der Waals surface area contributed by atoms with E-state index in [1.165, 1.54) is 24.1 Å². The Morgan fingerprint density at radius 2 is 2.11 bits per heavy atom. The number of methoxy groups -OCH3 is 1. The van der Waals surface area contributed by atoms with Crippen LogP contribution in [0.4, 0.5) is 0 Å². The van der Waals surface area contributed by atoms with Crippen LogP contribution < -0.4 is 0 Å². The molecule has 1 amide bonds. The highest BCUT2D eigenvalue weighted by molar-refractivity contribution is 9.10. The second-order valence-electron chi connectivity index (χ2n) is 3.96. The third-order valence-corrected chi connectivity index (χ3v) is 3.01. The molecule has 1 aromatic carbocycles. The van der Waals surface area contributed by atoms with Crippen LogP contribution in [0.25, 0.3) is 0 Å². The smallest absolute Gasteiger partial charge is 0.325 e. The fourth-order valence-corrected chi connectivity index (χ4v) is 1.95. The standard InChI is InChI=1S/C13H16BrNO4/c1-3-6-15(8-12(17)19-2)13(18)10-5-4-9(14)7-11(10)16/h4-5,7,16H,3,6,8H2,1-2H3. The molecule has 104 valence electrons. The van der Waals surface area contributed by atoms with Crippen molar-refractivity contribution in [1.82, 2.24) is 4.90 Å². The Balaban J connectivity index is 2.95. The predicted octanol–water partition coefficient (Wildman–Crippen LogP) is 2.18. The number of halogens is 1. The minimum Gasteiger partial charge on any atom is -0.507 e. The van der Waals surface area contributed by atoms with Gasteiger partial charge in [-0.05, 0) is 24.6 Å². The van der Waals surface area contributed by atoms with Crippen LogP contribution in [0, 0.1) is 0 Å². The van der Waals surface area contributed by atoms with Gasteiger partial charge < -0.3 is 14.7 Å². The monoisotopic (exact) mass is 329 g/mol. The molecule has 0 aliphatic heterocycles. The van der Waals surface area contributed by atoms with Crippen molar-refractivity contribution in [3.63, 3.8) is 0 Å². The first kappa shape index (κ1) is 15.5. The SMILES string of the molecule is CCCN(CC(=O)OC)C(=O)c1ccc(Br)cc1O. The molecular formula is C13H16BrNO4. The number of phenols is 1. The van der Waals surface area contributed by atoms with Crippen molar-refractivity contribution in [2.24, 2.45) is 0 Å². The maximum Gasteiger partial charge on any atom is 0.325 e. The molecule has 0 unspecified atom stereocenters. The summed E-state index contributed by atoms with van der Waals surface area (Å²) in [4.78, 5) is 24.9. The van der Waals surface area contributed by atoms with E-state index in [-0.39, 0.29) is 17.9 Å². The molecule has 0 saturated carbocycles. The number of ether oxygens (including phenoxy) is 1. The first-order valence-electron chi connectivity index (χ1n) is 5.84. The van der Waals surface area contributed by atoms with Crippen molar-refractivity contribution in [2.75, 3.05) is 20.2 Å². The zero-order valence-corrected chi connectivity index (χ0v) is 12.4. The van der Waals surface area contributed by atoms with Crippen LogP contribution in [0.15, 0.2) is 22.7 Å². The van der Waals surface area contributed by atoms with E-state index in [0.717, 1.165) is 0 Å². The Labute approximate surface area is 120 Å². The lowest BCUT2D eigenvalue weighted by molar-refractivity contribution is -0.141. The molecule has 0 aromatic heterocycles. The molecule has 0 heterocycles. The molecule has 1 N–H and O–H groups in total. The van der Waals surface area contributed by atoms with Crippen molar-refractivity contribution in [2.45, 2.75) is 13.3 Å². The van der Waals surface area contributed by atoms with E-state index in [4.69, 9.17) is 0 Å². The summed E-state index contributed by atoms with van der Waals surface area (Å²) in [5, 5.41) is 9.78. The molecule has 0 spiro atoms. The van der Waals surface area contributed by atoms with Crippen LogP contribution in [0.5, 0.6) is 5.75 Å². The highest BCUT2D eigenvalue weighted by Gasteiger charge is 2.21. The summed E-state index contributed by atoms with van der Waals surface area (Å²) in [5.41, 5.74) is 0.167. The topological polar surface area (TPSA) is 66.8 Å². The first-order chi connectivity index (χ1) is 8.99. The minimum atomic E-state index is -0.488. The minimum absolute atomic E-state index is 0.120. The molecule has 0 aliphatic rings.